The molecule has 0 aromatic heterocycles. The van der Waals surface area contributed by atoms with Crippen molar-refractivity contribution in [2.75, 3.05) is 32.7 Å². The first-order valence-electron chi connectivity index (χ1n) is 8.19. The van der Waals surface area contributed by atoms with Crippen LogP contribution in [0.1, 0.15) is 29.6 Å². The third-order valence-electron chi connectivity index (χ3n) is 4.59. The Morgan fingerprint density at radius 3 is 2.35 bits per heavy atom. The molecule has 2 heterocycles. The zero-order valence-electron chi connectivity index (χ0n) is 13.1. The Morgan fingerprint density at radius 2 is 1.74 bits per heavy atom. The maximum absolute atomic E-state index is 12.4. The topological polar surface area (TPSA) is 52.7 Å². The summed E-state index contributed by atoms with van der Waals surface area (Å²) in [5.74, 6) is 0.203. The lowest BCUT2D eigenvalue weighted by Crippen LogP contribution is -2.51. The standard InChI is InChI=1S/C17H22ClN3O2/c18-14-5-3-13(4-6-14)17(23)21-10-8-20(9-11-21)16(22)12-15-2-1-7-19-15/h3-6,15,19H,1-2,7-12H2. The molecular formula is C17H22ClN3O2. The van der Waals surface area contributed by atoms with Crippen molar-refractivity contribution in [3.63, 3.8) is 0 Å². The number of nitrogens with one attached hydrogen (secondary N) is 1. The average Bonchev–Trinajstić information content (AvgIpc) is 3.08. The molecule has 3 rings (SSSR count). The third-order valence-corrected chi connectivity index (χ3v) is 4.85. The van der Waals surface area contributed by atoms with Crippen LogP contribution in [0.25, 0.3) is 0 Å². The van der Waals surface area contributed by atoms with Crippen LogP contribution in [-0.4, -0.2) is 60.4 Å². The van der Waals surface area contributed by atoms with Crippen molar-refractivity contribution in [1.29, 1.82) is 0 Å². The predicted octanol–water partition coefficient (Wildman–Crippen LogP) is 1.77. The van der Waals surface area contributed by atoms with Crippen LogP contribution in [0.2, 0.25) is 5.02 Å². The highest BCUT2D eigenvalue weighted by molar-refractivity contribution is 6.30. The van der Waals surface area contributed by atoms with Crippen molar-refractivity contribution in [3.8, 4) is 0 Å². The summed E-state index contributed by atoms with van der Waals surface area (Å²) >= 11 is 5.85. The van der Waals surface area contributed by atoms with Gasteiger partial charge in [-0.05, 0) is 43.7 Å². The van der Waals surface area contributed by atoms with E-state index in [-0.39, 0.29) is 11.8 Å². The Labute approximate surface area is 141 Å². The van der Waals surface area contributed by atoms with Crippen LogP contribution in [-0.2, 0) is 4.79 Å². The van der Waals surface area contributed by atoms with Gasteiger partial charge in [0.05, 0.1) is 0 Å². The normalized spacial score (nSPS) is 21.5. The third kappa shape index (κ3) is 4.03. The van der Waals surface area contributed by atoms with Crippen molar-refractivity contribution in [1.82, 2.24) is 15.1 Å². The lowest BCUT2D eigenvalue weighted by molar-refractivity contribution is -0.133. The minimum atomic E-state index is 0.00576. The maximum Gasteiger partial charge on any atom is 0.253 e. The Bertz CT molecular complexity index is 562. The summed E-state index contributed by atoms with van der Waals surface area (Å²) in [6.45, 7) is 3.42. The Morgan fingerprint density at radius 1 is 1.09 bits per heavy atom. The molecule has 23 heavy (non-hydrogen) atoms. The Kier molecular flexibility index (Phi) is 5.18. The molecule has 2 saturated heterocycles. The van der Waals surface area contributed by atoms with Gasteiger partial charge < -0.3 is 15.1 Å². The predicted molar refractivity (Wildman–Crippen MR) is 89.6 cm³/mol. The molecule has 1 N–H and O–H groups in total. The molecule has 5 nitrogen and oxygen atoms in total. The van der Waals surface area contributed by atoms with Gasteiger partial charge in [0.25, 0.3) is 5.91 Å². The first-order chi connectivity index (χ1) is 11.1. The monoisotopic (exact) mass is 335 g/mol. The van der Waals surface area contributed by atoms with Crippen molar-refractivity contribution in [3.05, 3.63) is 34.9 Å². The van der Waals surface area contributed by atoms with Crippen LogP contribution in [0, 0.1) is 0 Å². The van der Waals surface area contributed by atoms with Crippen LogP contribution in [0.5, 0.6) is 0 Å². The van der Waals surface area contributed by atoms with Crippen LogP contribution >= 0.6 is 11.6 Å². The van der Waals surface area contributed by atoms with E-state index in [1.54, 1.807) is 29.2 Å². The van der Waals surface area contributed by atoms with Gasteiger partial charge in [-0.25, -0.2) is 0 Å². The van der Waals surface area contributed by atoms with Crippen molar-refractivity contribution >= 4 is 23.4 Å². The first kappa shape index (κ1) is 16.3. The lowest BCUT2D eigenvalue weighted by Gasteiger charge is -2.35. The molecule has 1 aromatic carbocycles. The summed E-state index contributed by atoms with van der Waals surface area (Å²) in [7, 11) is 0. The largest absolute Gasteiger partial charge is 0.339 e. The quantitative estimate of drug-likeness (QED) is 0.916. The molecule has 0 saturated carbocycles. The fourth-order valence-electron chi connectivity index (χ4n) is 3.20. The molecule has 0 aliphatic carbocycles. The van der Waals surface area contributed by atoms with Crippen LogP contribution in [0.3, 0.4) is 0 Å². The summed E-state index contributed by atoms with van der Waals surface area (Å²) in [6.07, 6.45) is 2.81. The average molecular weight is 336 g/mol. The van der Waals surface area contributed by atoms with E-state index < -0.39 is 0 Å². The fourth-order valence-corrected chi connectivity index (χ4v) is 3.33. The summed E-state index contributed by atoms with van der Waals surface area (Å²) in [4.78, 5) is 28.4. The minimum Gasteiger partial charge on any atom is -0.339 e. The van der Waals surface area contributed by atoms with Crippen molar-refractivity contribution in [2.24, 2.45) is 0 Å². The van der Waals surface area contributed by atoms with Gasteiger partial charge in [-0.15, -0.1) is 0 Å². The highest BCUT2D eigenvalue weighted by atomic mass is 35.5. The number of hydrogen-bond acceptors (Lipinski definition) is 3. The number of carbonyl (C=O) groups is 2. The van der Waals surface area contributed by atoms with E-state index in [4.69, 9.17) is 11.6 Å². The second-order valence-electron chi connectivity index (χ2n) is 6.18. The molecule has 1 atom stereocenters. The fraction of sp³-hybridized carbons (Fsp3) is 0.529. The number of carbonyl (C=O) groups excluding carboxylic acids is 2. The SMILES string of the molecule is O=C(CC1CCCN1)N1CCN(C(=O)c2ccc(Cl)cc2)CC1. The molecule has 0 bridgehead atoms. The van der Waals surface area contributed by atoms with E-state index in [2.05, 4.69) is 5.32 Å². The smallest absolute Gasteiger partial charge is 0.253 e. The molecule has 2 fully saturated rings. The number of hydrogen-bond donors (Lipinski definition) is 1. The van der Waals surface area contributed by atoms with E-state index in [1.807, 2.05) is 4.90 Å². The number of amides is 2. The number of halogens is 1. The second-order valence-corrected chi connectivity index (χ2v) is 6.61. The van der Waals surface area contributed by atoms with Gasteiger partial charge in [-0.1, -0.05) is 11.6 Å². The van der Waals surface area contributed by atoms with Gasteiger partial charge >= 0.3 is 0 Å². The number of benzene rings is 1. The van der Waals surface area contributed by atoms with Gasteiger partial charge in [0.2, 0.25) is 5.91 Å². The van der Waals surface area contributed by atoms with Crippen LogP contribution < -0.4 is 5.32 Å². The molecule has 2 amide bonds. The van der Waals surface area contributed by atoms with Gasteiger partial charge in [-0.3, -0.25) is 9.59 Å². The highest BCUT2D eigenvalue weighted by Gasteiger charge is 2.27. The molecule has 0 radical (unpaired) electrons. The van der Waals surface area contributed by atoms with Crippen LogP contribution in [0.4, 0.5) is 0 Å². The Balaban J connectivity index is 1.50. The summed E-state index contributed by atoms with van der Waals surface area (Å²) in [5.41, 5.74) is 0.643. The molecule has 2 aliphatic heterocycles. The van der Waals surface area contributed by atoms with Gasteiger partial charge in [0, 0.05) is 49.2 Å². The molecule has 1 aromatic rings. The van der Waals surface area contributed by atoms with E-state index in [1.165, 1.54) is 0 Å². The summed E-state index contributed by atoms with van der Waals surface area (Å²) < 4.78 is 0. The second kappa shape index (κ2) is 7.32. The molecule has 124 valence electrons. The van der Waals surface area contributed by atoms with Crippen molar-refractivity contribution < 1.29 is 9.59 Å². The highest BCUT2D eigenvalue weighted by Crippen LogP contribution is 2.15. The molecule has 6 heteroatoms. The molecule has 1 unspecified atom stereocenters. The first-order valence-corrected chi connectivity index (χ1v) is 8.57. The van der Waals surface area contributed by atoms with E-state index in [0.29, 0.717) is 49.2 Å². The van der Waals surface area contributed by atoms with Gasteiger partial charge in [-0.2, -0.15) is 0 Å². The van der Waals surface area contributed by atoms with Crippen LogP contribution in [0.15, 0.2) is 24.3 Å². The zero-order chi connectivity index (χ0) is 16.2. The number of nitrogens with zero attached hydrogens (tertiary/aromatic N) is 2. The molecule has 2 aliphatic rings. The number of piperazine rings is 1. The number of rotatable bonds is 3. The van der Waals surface area contributed by atoms with E-state index in [9.17, 15) is 9.59 Å². The maximum atomic E-state index is 12.4. The van der Waals surface area contributed by atoms with Crippen molar-refractivity contribution in [2.45, 2.75) is 25.3 Å². The minimum absolute atomic E-state index is 0.00576. The van der Waals surface area contributed by atoms with E-state index >= 15 is 0 Å². The lowest BCUT2D eigenvalue weighted by atomic mass is 10.1. The Hall–Kier alpha value is -1.59. The van der Waals surface area contributed by atoms with Gasteiger partial charge in [0.1, 0.15) is 0 Å². The van der Waals surface area contributed by atoms with E-state index in [0.717, 1.165) is 19.4 Å². The molecular weight excluding hydrogens is 314 g/mol. The zero-order valence-corrected chi connectivity index (χ0v) is 13.9. The van der Waals surface area contributed by atoms with Gasteiger partial charge in [0.15, 0.2) is 0 Å². The molecule has 0 spiro atoms. The summed E-state index contributed by atoms with van der Waals surface area (Å²) in [6, 6.07) is 7.27. The summed E-state index contributed by atoms with van der Waals surface area (Å²) in [5, 5.41) is 3.98.